The summed E-state index contributed by atoms with van der Waals surface area (Å²) < 4.78 is 59.9. The van der Waals surface area contributed by atoms with Gasteiger partial charge in [-0.1, -0.05) is 18.2 Å². The standard InChI is InChI=1S/C31H31F4N5O2/c1-39-18-24(32)26(19-39)38-29(41)30(22-7-9-25(37-17-22)23-5-3-4-6-28(23)42-2)11-13-40(14-12-30)27-10-8-21(31(33,34)35)15-20(27)16-36/h3-10,15,17,24,26H,11-14,18-19H2,1-2H3,(H,38,41)/t24-,26+/m0/s1. The number of ether oxygens (including phenoxy) is 1. The summed E-state index contributed by atoms with van der Waals surface area (Å²) in [6.07, 6.45) is -3.53. The van der Waals surface area contributed by atoms with Gasteiger partial charge < -0.3 is 19.9 Å². The molecule has 0 aliphatic carbocycles. The van der Waals surface area contributed by atoms with E-state index in [1.54, 1.807) is 20.4 Å². The highest BCUT2D eigenvalue weighted by Gasteiger charge is 2.46. The molecule has 2 fully saturated rings. The molecule has 5 rings (SSSR count). The number of para-hydroxylation sites is 1. The van der Waals surface area contributed by atoms with Crippen LogP contribution < -0.4 is 15.0 Å². The highest BCUT2D eigenvalue weighted by Crippen LogP contribution is 2.40. The molecule has 7 nitrogen and oxygen atoms in total. The van der Waals surface area contributed by atoms with Crippen LogP contribution in [0.15, 0.2) is 60.8 Å². The summed E-state index contributed by atoms with van der Waals surface area (Å²) in [5.74, 6) is 0.340. The molecule has 2 atom stereocenters. The molecule has 2 aliphatic rings. The number of aromatic nitrogens is 1. The third-order valence-corrected chi connectivity index (χ3v) is 8.28. The molecule has 42 heavy (non-hydrogen) atoms. The number of rotatable bonds is 6. The Morgan fingerprint density at radius 2 is 1.86 bits per heavy atom. The number of hydrogen-bond donors (Lipinski definition) is 1. The van der Waals surface area contributed by atoms with Crippen LogP contribution in [0.25, 0.3) is 11.3 Å². The van der Waals surface area contributed by atoms with Gasteiger partial charge in [0.05, 0.1) is 41.1 Å². The van der Waals surface area contributed by atoms with E-state index in [1.165, 1.54) is 6.07 Å². The number of halogens is 4. The lowest BCUT2D eigenvalue weighted by Crippen LogP contribution is -2.55. The van der Waals surface area contributed by atoms with Gasteiger partial charge >= 0.3 is 6.18 Å². The predicted molar refractivity (Wildman–Crippen MR) is 150 cm³/mol. The first-order valence-corrected chi connectivity index (χ1v) is 13.7. The molecule has 1 aromatic heterocycles. The fourth-order valence-electron chi connectivity index (χ4n) is 5.94. The number of likely N-dealkylation sites (tertiary alicyclic amines) is 1. The summed E-state index contributed by atoms with van der Waals surface area (Å²) >= 11 is 0. The fraction of sp³-hybridized carbons (Fsp3) is 0.387. The number of piperidine rings is 1. The molecule has 220 valence electrons. The lowest BCUT2D eigenvalue weighted by molar-refractivity contribution is -0.137. The van der Waals surface area contributed by atoms with Crippen LogP contribution in [-0.4, -0.2) is 68.3 Å². The van der Waals surface area contributed by atoms with Crippen LogP contribution in [0.4, 0.5) is 23.2 Å². The van der Waals surface area contributed by atoms with Crippen LogP contribution in [0, 0.1) is 11.3 Å². The SMILES string of the molecule is COc1ccccc1-c1ccc(C2(C(=O)N[C@@H]3CN(C)C[C@@H]3F)CCN(c3ccc(C(F)(F)F)cc3C#N)CC2)cn1. The minimum atomic E-state index is -4.56. The molecule has 3 heterocycles. The number of hydrogen-bond acceptors (Lipinski definition) is 6. The van der Waals surface area contributed by atoms with Gasteiger partial charge in [0.1, 0.15) is 18.0 Å². The third-order valence-electron chi connectivity index (χ3n) is 8.28. The first-order chi connectivity index (χ1) is 20.1. The maximum atomic E-state index is 14.7. The molecule has 1 amide bonds. The number of amides is 1. The molecule has 3 aromatic rings. The van der Waals surface area contributed by atoms with Crippen LogP contribution in [0.3, 0.4) is 0 Å². The van der Waals surface area contributed by atoms with Gasteiger partial charge in [0.2, 0.25) is 5.91 Å². The Labute approximate surface area is 241 Å². The Morgan fingerprint density at radius 3 is 2.45 bits per heavy atom. The molecule has 0 spiro atoms. The molecular weight excluding hydrogens is 550 g/mol. The number of carbonyl (C=O) groups excluding carboxylic acids is 1. The van der Waals surface area contributed by atoms with Crippen LogP contribution in [-0.2, 0) is 16.4 Å². The van der Waals surface area contributed by atoms with Gasteiger partial charge in [-0.2, -0.15) is 18.4 Å². The van der Waals surface area contributed by atoms with Crippen molar-refractivity contribution in [3.8, 4) is 23.1 Å². The van der Waals surface area contributed by atoms with E-state index in [4.69, 9.17) is 4.74 Å². The van der Waals surface area contributed by atoms with Crippen LogP contribution in [0.1, 0.15) is 29.5 Å². The first kappa shape index (κ1) is 29.3. The quantitative estimate of drug-likeness (QED) is 0.415. The number of nitrogens with zero attached hydrogens (tertiary/aromatic N) is 4. The molecular formula is C31H31F4N5O2. The molecule has 1 N–H and O–H groups in total. The number of alkyl halides is 4. The van der Waals surface area contributed by atoms with E-state index < -0.39 is 29.4 Å². The highest BCUT2D eigenvalue weighted by atomic mass is 19.4. The number of anilines is 1. The van der Waals surface area contributed by atoms with Crippen molar-refractivity contribution < 1.29 is 27.1 Å². The number of nitriles is 1. The van der Waals surface area contributed by atoms with Gasteiger partial charge in [0.25, 0.3) is 0 Å². The number of nitrogens with one attached hydrogen (secondary N) is 1. The molecule has 0 bridgehead atoms. The van der Waals surface area contributed by atoms with Gasteiger partial charge in [-0.15, -0.1) is 0 Å². The van der Waals surface area contributed by atoms with Crippen molar-refractivity contribution in [1.82, 2.24) is 15.2 Å². The molecule has 0 unspecified atom stereocenters. The zero-order valence-corrected chi connectivity index (χ0v) is 23.3. The maximum Gasteiger partial charge on any atom is 0.416 e. The maximum absolute atomic E-state index is 14.7. The summed E-state index contributed by atoms with van der Waals surface area (Å²) in [6.45, 7) is 1.21. The van der Waals surface area contributed by atoms with Gasteiger partial charge in [-0.05, 0) is 61.9 Å². The molecule has 2 aromatic carbocycles. The second-order valence-corrected chi connectivity index (χ2v) is 10.9. The Hall–Kier alpha value is -4.17. The smallest absolute Gasteiger partial charge is 0.416 e. The van der Waals surface area contributed by atoms with E-state index in [0.29, 0.717) is 55.2 Å². The largest absolute Gasteiger partial charge is 0.496 e. The van der Waals surface area contributed by atoms with Crippen molar-refractivity contribution in [3.63, 3.8) is 0 Å². The zero-order chi connectivity index (χ0) is 30.1. The topological polar surface area (TPSA) is 81.5 Å². The summed E-state index contributed by atoms with van der Waals surface area (Å²) in [4.78, 5) is 22.3. The summed E-state index contributed by atoms with van der Waals surface area (Å²) in [5, 5.41) is 12.5. The van der Waals surface area contributed by atoms with E-state index in [2.05, 4.69) is 10.3 Å². The van der Waals surface area contributed by atoms with Crippen molar-refractivity contribution in [2.75, 3.05) is 45.2 Å². The van der Waals surface area contributed by atoms with Crippen molar-refractivity contribution in [2.24, 2.45) is 0 Å². The molecule has 11 heteroatoms. The second kappa shape index (κ2) is 11.6. The summed E-state index contributed by atoms with van der Waals surface area (Å²) in [5.41, 5.74) is 0.464. The number of likely N-dealkylation sites (N-methyl/N-ethyl adjacent to an activating group) is 1. The predicted octanol–water partition coefficient (Wildman–Crippen LogP) is 4.95. The normalized spacial score (nSPS) is 20.6. The van der Waals surface area contributed by atoms with Crippen LogP contribution in [0.5, 0.6) is 5.75 Å². The van der Waals surface area contributed by atoms with Crippen molar-refractivity contribution in [3.05, 3.63) is 77.5 Å². The van der Waals surface area contributed by atoms with Crippen LogP contribution in [0.2, 0.25) is 0 Å². The number of pyridine rings is 1. The third kappa shape index (κ3) is 5.63. The fourth-order valence-corrected chi connectivity index (χ4v) is 5.94. The number of methoxy groups -OCH3 is 1. The monoisotopic (exact) mass is 581 g/mol. The van der Waals surface area contributed by atoms with E-state index in [-0.39, 0.29) is 18.0 Å². The van der Waals surface area contributed by atoms with E-state index in [0.717, 1.165) is 17.7 Å². The Bertz CT molecular complexity index is 1480. The Morgan fingerprint density at radius 1 is 1.12 bits per heavy atom. The van der Waals surface area contributed by atoms with E-state index in [1.807, 2.05) is 52.3 Å². The van der Waals surface area contributed by atoms with E-state index in [9.17, 15) is 27.6 Å². The Balaban J connectivity index is 1.45. The molecule has 2 aliphatic heterocycles. The van der Waals surface area contributed by atoms with Crippen LogP contribution >= 0.6 is 0 Å². The second-order valence-electron chi connectivity index (χ2n) is 10.9. The first-order valence-electron chi connectivity index (χ1n) is 13.7. The van der Waals surface area contributed by atoms with Gasteiger partial charge in [-0.3, -0.25) is 9.78 Å². The number of carbonyl (C=O) groups is 1. The minimum absolute atomic E-state index is 0.0844. The van der Waals surface area contributed by atoms with Crippen molar-refractivity contribution in [1.29, 1.82) is 5.26 Å². The lowest BCUT2D eigenvalue weighted by atomic mass is 9.72. The molecule has 2 saturated heterocycles. The van der Waals surface area contributed by atoms with Gasteiger partial charge in [0.15, 0.2) is 0 Å². The van der Waals surface area contributed by atoms with E-state index >= 15 is 0 Å². The Kier molecular flexibility index (Phi) is 8.10. The van der Waals surface area contributed by atoms with Gasteiger partial charge in [0, 0.05) is 37.9 Å². The summed E-state index contributed by atoms with van der Waals surface area (Å²) in [7, 11) is 3.37. The average Bonchev–Trinajstić information content (AvgIpc) is 3.32. The van der Waals surface area contributed by atoms with Gasteiger partial charge in [-0.25, -0.2) is 4.39 Å². The average molecular weight is 582 g/mol. The molecule has 0 radical (unpaired) electrons. The minimum Gasteiger partial charge on any atom is -0.496 e. The summed E-state index contributed by atoms with van der Waals surface area (Å²) in [6, 6.07) is 15.5. The van der Waals surface area contributed by atoms with Crippen molar-refractivity contribution in [2.45, 2.75) is 36.6 Å². The highest BCUT2D eigenvalue weighted by molar-refractivity contribution is 5.89. The number of benzene rings is 2. The molecule has 0 saturated carbocycles. The zero-order valence-electron chi connectivity index (χ0n) is 23.3. The van der Waals surface area contributed by atoms with Crippen molar-refractivity contribution >= 4 is 11.6 Å². The lowest BCUT2D eigenvalue weighted by Gasteiger charge is -2.42.